The van der Waals surface area contributed by atoms with Crippen LogP contribution in [-0.2, 0) is 4.74 Å². The van der Waals surface area contributed by atoms with E-state index in [9.17, 15) is 20.0 Å². The van der Waals surface area contributed by atoms with E-state index in [-0.39, 0.29) is 29.2 Å². The largest absolute Gasteiger partial charge is 0.462 e. The zero-order valence-electron chi connectivity index (χ0n) is 12.1. The van der Waals surface area contributed by atoms with E-state index in [4.69, 9.17) is 4.74 Å². The van der Waals surface area contributed by atoms with Gasteiger partial charge in [0, 0.05) is 12.4 Å². The number of hydrogen-bond donors (Lipinski definition) is 2. The number of pyridine rings is 1. The Morgan fingerprint density at radius 2 is 2.14 bits per heavy atom. The van der Waals surface area contributed by atoms with Crippen LogP contribution in [0.5, 0.6) is 0 Å². The van der Waals surface area contributed by atoms with Crippen molar-refractivity contribution in [1.82, 2.24) is 9.97 Å². The van der Waals surface area contributed by atoms with Gasteiger partial charge in [-0.05, 0) is 36.5 Å². The van der Waals surface area contributed by atoms with Crippen LogP contribution in [0.15, 0.2) is 24.5 Å². The fourth-order valence-electron chi connectivity index (χ4n) is 2.17. The molecule has 0 aliphatic carbocycles. The molecular formula is C14H15N3O5. The Labute approximate surface area is 125 Å². The number of aliphatic hydroxyl groups is 1. The predicted molar refractivity (Wildman–Crippen MR) is 76.4 cm³/mol. The van der Waals surface area contributed by atoms with Crippen molar-refractivity contribution in [2.75, 3.05) is 6.61 Å². The number of nitrogens with one attached hydrogen (secondary N) is 1. The summed E-state index contributed by atoms with van der Waals surface area (Å²) in [6.45, 7) is 3.19. The lowest BCUT2D eigenvalue weighted by Crippen LogP contribution is -2.11. The molecule has 0 aliphatic rings. The lowest BCUT2D eigenvalue weighted by Gasteiger charge is -2.09. The van der Waals surface area contributed by atoms with E-state index in [0.29, 0.717) is 5.56 Å². The van der Waals surface area contributed by atoms with Crippen LogP contribution in [0.3, 0.4) is 0 Å². The Kier molecular flexibility index (Phi) is 4.52. The van der Waals surface area contributed by atoms with Crippen LogP contribution in [0.2, 0.25) is 0 Å². The van der Waals surface area contributed by atoms with Crippen LogP contribution in [-0.4, -0.2) is 32.6 Å². The number of aliphatic hydroxyl groups excluding tert-OH is 1. The number of hydrogen-bond acceptors (Lipinski definition) is 6. The lowest BCUT2D eigenvalue weighted by molar-refractivity contribution is -0.389. The Hall–Kier alpha value is -2.74. The number of carbonyl (C=O) groups excluding carboxylic acids is 1. The summed E-state index contributed by atoms with van der Waals surface area (Å²) in [4.78, 5) is 28.8. The molecule has 22 heavy (non-hydrogen) atoms. The fraction of sp³-hybridized carbons (Fsp3) is 0.286. The Balaban J connectivity index is 2.56. The van der Waals surface area contributed by atoms with Crippen molar-refractivity contribution in [2.24, 2.45) is 0 Å². The molecule has 8 heteroatoms. The van der Waals surface area contributed by atoms with E-state index in [1.807, 2.05) is 0 Å². The first-order valence-corrected chi connectivity index (χ1v) is 6.59. The number of ether oxygens (including phenoxy) is 1. The summed E-state index contributed by atoms with van der Waals surface area (Å²) in [6.07, 6.45) is 1.73. The van der Waals surface area contributed by atoms with Crippen molar-refractivity contribution in [3.05, 3.63) is 57.0 Å². The summed E-state index contributed by atoms with van der Waals surface area (Å²) >= 11 is 0. The number of aromatic nitrogens is 2. The monoisotopic (exact) mass is 305 g/mol. The van der Waals surface area contributed by atoms with Crippen LogP contribution >= 0.6 is 0 Å². The molecule has 0 saturated heterocycles. The first-order valence-electron chi connectivity index (χ1n) is 6.59. The third-order valence-electron chi connectivity index (χ3n) is 3.21. The maximum absolute atomic E-state index is 12.1. The second-order valence-corrected chi connectivity index (χ2v) is 4.55. The van der Waals surface area contributed by atoms with Gasteiger partial charge < -0.3 is 20.0 Å². The highest BCUT2D eigenvalue weighted by Crippen LogP contribution is 2.32. The highest BCUT2D eigenvalue weighted by molar-refractivity contribution is 5.94. The molecule has 116 valence electrons. The highest BCUT2D eigenvalue weighted by atomic mass is 16.6. The molecule has 0 aliphatic heterocycles. The molecule has 2 aromatic rings. The minimum absolute atomic E-state index is 0.0159. The number of aromatic amines is 1. The molecule has 0 amide bonds. The summed E-state index contributed by atoms with van der Waals surface area (Å²) < 4.78 is 4.92. The van der Waals surface area contributed by atoms with Crippen molar-refractivity contribution < 1.29 is 19.6 Å². The van der Waals surface area contributed by atoms with E-state index in [1.165, 1.54) is 19.3 Å². The molecule has 1 atom stereocenters. The molecule has 0 saturated carbocycles. The minimum Gasteiger partial charge on any atom is -0.462 e. The molecule has 0 spiro atoms. The number of esters is 1. The molecule has 0 unspecified atom stereocenters. The van der Waals surface area contributed by atoms with Crippen molar-refractivity contribution in [1.29, 1.82) is 0 Å². The Bertz CT molecular complexity index is 696. The zero-order valence-corrected chi connectivity index (χ0v) is 12.1. The Morgan fingerprint density at radius 3 is 2.68 bits per heavy atom. The van der Waals surface area contributed by atoms with Crippen LogP contribution in [0.25, 0.3) is 0 Å². The molecule has 0 bridgehead atoms. The molecule has 2 heterocycles. The van der Waals surface area contributed by atoms with Gasteiger partial charge in [0.25, 0.3) is 0 Å². The first-order chi connectivity index (χ1) is 10.5. The van der Waals surface area contributed by atoms with Crippen LogP contribution in [0.1, 0.15) is 40.2 Å². The summed E-state index contributed by atoms with van der Waals surface area (Å²) in [5, 5.41) is 21.5. The summed E-state index contributed by atoms with van der Waals surface area (Å²) in [5.74, 6) is -1.06. The number of nitrogens with zero attached hydrogens (tertiary/aromatic N) is 2. The van der Waals surface area contributed by atoms with Gasteiger partial charge in [0.15, 0.2) is 0 Å². The van der Waals surface area contributed by atoms with Gasteiger partial charge in [-0.2, -0.15) is 0 Å². The second-order valence-electron chi connectivity index (χ2n) is 4.55. The summed E-state index contributed by atoms with van der Waals surface area (Å²) in [7, 11) is 0. The Morgan fingerprint density at radius 1 is 1.50 bits per heavy atom. The summed E-state index contributed by atoms with van der Waals surface area (Å²) in [5.41, 5.74) is 0.606. The van der Waals surface area contributed by atoms with Gasteiger partial charge in [-0.3, -0.25) is 4.98 Å². The van der Waals surface area contributed by atoms with Gasteiger partial charge in [-0.1, -0.05) is 0 Å². The first kappa shape index (κ1) is 15.6. The van der Waals surface area contributed by atoms with E-state index in [2.05, 4.69) is 9.97 Å². The topological polar surface area (TPSA) is 118 Å². The normalized spacial score (nSPS) is 12.0. The number of nitro groups is 1. The summed E-state index contributed by atoms with van der Waals surface area (Å²) in [6, 6.07) is 3.11. The third-order valence-corrected chi connectivity index (χ3v) is 3.21. The van der Waals surface area contributed by atoms with Gasteiger partial charge in [0.1, 0.15) is 17.4 Å². The smallest absolute Gasteiger partial charge is 0.342 e. The van der Waals surface area contributed by atoms with Gasteiger partial charge >= 0.3 is 11.8 Å². The maximum atomic E-state index is 12.1. The number of carbonyl (C=O) groups is 1. The standard InChI is InChI=1S/C14H15N3O5/c1-3-22-14(19)10-8(2)13(17(20)21)16-11(10)12(18)9-4-6-15-7-5-9/h4-7,12,16,18H,3H2,1-2H3/t12-/m1/s1. The molecule has 0 aromatic carbocycles. The van der Waals surface area contributed by atoms with E-state index >= 15 is 0 Å². The van der Waals surface area contributed by atoms with Gasteiger partial charge in [0.05, 0.1) is 12.2 Å². The maximum Gasteiger partial charge on any atom is 0.342 e. The van der Waals surface area contributed by atoms with Crippen LogP contribution in [0, 0.1) is 17.0 Å². The average molecular weight is 305 g/mol. The van der Waals surface area contributed by atoms with Gasteiger partial charge in [-0.25, -0.2) is 9.78 Å². The van der Waals surface area contributed by atoms with Gasteiger partial charge in [-0.15, -0.1) is 0 Å². The van der Waals surface area contributed by atoms with E-state index in [0.717, 1.165) is 0 Å². The molecule has 2 rings (SSSR count). The molecule has 0 fully saturated rings. The molecule has 2 aromatic heterocycles. The molecule has 2 N–H and O–H groups in total. The van der Waals surface area contributed by atoms with Crippen molar-refractivity contribution in [2.45, 2.75) is 20.0 Å². The van der Waals surface area contributed by atoms with Crippen molar-refractivity contribution in [3.63, 3.8) is 0 Å². The molecular weight excluding hydrogens is 290 g/mol. The zero-order chi connectivity index (χ0) is 16.3. The average Bonchev–Trinajstić information content (AvgIpc) is 2.85. The van der Waals surface area contributed by atoms with Crippen molar-refractivity contribution >= 4 is 11.8 Å². The lowest BCUT2D eigenvalue weighted by atomic mass is 10.0. The van der Waals surface area contributed by atoms with Crippen LogP contribution in [0.4, 0.5) is 5.82 Å². The molecule has 8 nitrogen and oxygen atoms in total. The van der Waals surface area contributed by atoms with Crippen LogP contribution < -0.4 is 0 Å². The number of rotatable bonds is 5. The minimum atomic E-state index is -1.23. The fourth-order valence-corrected chi connectivity index (χ4v) is 2.17. The SMILES string of the molecule is CCOC(=O)c1c([C@H](O)c2ccncc2)[nH]c([N+](=O)[O-])c1C. The predicted octanol–water partition coefficient (Wildman–Crippen LogP) is 1.88. The third kappa shape index (κ3) is 2.82. The van der Waals surface area contributed by atoms with Crippen molar-refractivity contribution in [3.8, 4) is 0 Å². The van der Waals surface area contributed by atoms with Gasteiger partial charge in [0.2, 0.25) is 0 Å². The van der Waals surface area contributed by atoms with E-state index < -0.39 is 17.0 Å². The molecule has 0 radical (unpaired) electrons. The highest BCUT2D eigenvalue weighted by Gasteiger charge is 2.32. The quantitative estimate of drug-likeness (QED) is 0.494. The number of H-pyrrole nitrogens is 1. The van der Waals surface area contributed by atoms with E-state index in [1.54, 1.807) is 19.1 Å². The second kappa shape index (κ2) is 6.35.